The minimum absolute atomic E-state index is 0.258. The first kappa shape index (κ1) is 11.9. The lowest BCUT2D eigenvalue weighted by atomic mass is 9.93. The number of benzene rings is 1. The summed E-state index contributed by atoms with van der Waals surface area (Å²) in [5, 5.41) is 0. The predicted molar refractivity (Wildman–Crippen MR) is 68.7 cm³/mol. The van der Waals surface area contributed by atoms with Crippen LogP contribution >= 0.6 is 22.6 Å². The molecule has 14 heavy (non-hydrogen) atoms. The first-order valence-electron chi connectivity index (χ1n) is 4.91. The minimum Gasteiger partial charge on any atom is -0.271 e. The summed E-state index contributed by atoms with van der Waals surface area (Å²) in [7, 11) is 0. The zero-order chi connectivity index (χ0) is 10.6. The molecular weight excluding hydrogens is 287 g/mol. The van der Waals surface area contributed by atoms with E-state index in [4.69, 9.17) is 5.84 Å². The maximum atomic E-state index is 5.60. The van der Waals surface area contributed by atoms with E-state index in [-0.39, 0.29) is 6.04 Å². The van der Waals surface area contributed by atoms with Crippen molar-refractivity contribution in [3.05, 3.63) is 33.4 Å². The van der Waals surface area contributed by atoms with Crippen LogP contribution in [0.2, 0.25) is 0 Å². The average molecular weight is 304 g/mol. The van der Waals surface area contributed by atoms with Crippen molar-refractivity contribution in [1.82, 2.24) is 5.43 Å². The molecule has 3 heteroatoms. The SMILES string of the molecule is CCC(C)C(NN)c1ccccc1I. The van der Waals surface area contributed by atoms with Crippen LogP contribution < -0.4 is 11.3 Å². The third-order valence-electron chi connectivity index (χ3n) is 2.63. The fourth-order valence-electron chi connectivity index (χ4n) is 1.52. The Balaban J connectivity index is 2.94. The zero-order valence-electron chi connectivity index (χ0n) is 8.63. The molecule has 0 amide bonds. The molecule has 0 bridgehead atoms. The lowest BCUT2D eigenvalue weighted by molar-refractivity contribution is 0.381. The second-order valence-electron chi connectivity index (χ2n) is 3.55. The number of rotatable bonds is 4. The molecule has 0 aliphatic heterocycles. The Morgan fingerprint density at radius 2 is 2.07 bits per heavy atom. The third-order valence-corrected chi connectivity index (χ3v) is 3.62. The quantitative estimate of drug-likeness (QED) is 0.510. The van der Waals surface area contributed by atoms with Crippen LogP contribution in [0.5, 0.6) is 0 Å². The molecule has 78 valence electrons. The summed E-state index contributed by atoms with van der Waals surface area (Å²) in [4.78, 5) is 0. The Bertz CT molecular complexity index is 288. The summed E-state index contributed by atoms with van der Waals surface area (Å²) in [6.07, 6.45) is 1.12. The molecule has 2 nitrogen and oxygen atoms in total. The molecule has 0 radical (unpaired) electrons. The first-order chi connectivity index (χ1) is 6.70. The molecule has 1 aromatic carbocycles. The Kier molecular flexibility index (Phi) is 4.84. The highest BCUT2D eigenvalue weighted by molar-refractivity contribution is 14.1. The Labute approximate surface area is 99.4 Å². The number of hydrogen-bond donors (Lipinski definition) is 2. The van der Waals surface area contributed by atoms with Gasteiger partial charge < -0.3 is 0 Å². The van der Waals surface area contributed by atoms with Crippen molar-refractivity contribution in [3.8, 4) is 0 Å². The van der Waals surface area contributed by atoms with Crippen LogP contribution in [0.1, 0.15) is 31.9 Å². The fraction of sp³-hybridized carbons (Fsp3) is 0.455. The number of halogens is 1. The smallest absolute Gasteiger partial charge is 0.0495 e. The van der Waals surface area contributed by atoms with Crippen molar-refractivity contribution < 1.29 is 0 Å². The van der Waals surface area contributed by atoms with Crippen molar-refractivity contribution >= 4 is 22.6 Å². The van der Waals surface area contributed by atoms with Gasteiger partial charge in [-0.25, -0.2) is 0 Å². The van der Waals surface area contributed by atoms with Crippen LogP contribution in [0.3, 0.4) is 0 Å². The zero-order valence-corrected chi connectivity index (χ0v) is 10.8. The highest BCUT2D eigenvalue weighted by Crippen LogP contribution is 2.26. The Morgan fingerprint density at radius 1 is 1.43 bits per heavy atom. The van der Waals surface area contributed by atoms with Crippen LogP contribution in [-0.4, -0.2) is 0 Å². The molecule has 1 aromatic rings. The van der Waals surface area contributed by atoms with Crippen molar-refractivity contribution in [2.75, 3.05) is 0 Å². The molecule has 0 saturated heterocycles. The Hall–Kier alpha value is -0.130. The molecule has 0 saturated carbocycles. The van der Waals surface area contributed by atoms with Gasteiger partial charge in [0.25, 0.3) is 0 Å². The second kappa shape index (κ2) is 5.68. The van der Waals surface area contributed by atoms with Gasteiger partial charge in [0, 0.05) is 9.61 Å². The molecule has 3 N–H and O–H groups in total. The molecule has 2 unspecified atom stereocenters. The van der Waals surface area contributed by atoms with Gasteiger partial charge in [-0.15, -0.1) is 0 Å². The number of nitrogens with one attached hydrogen (secondary N) is 1. The summed E-state index contributed by atoms with van der Waals surface area (Å²) in [5.74, 6) is 6.15. The largest absolute Gasteiger partial charge is 0.271 e. The lowest BCUT2D eigenvalue weighted by Gasteiger charge is -2.23. The number of hydrazine groups is 1. The average Bonchev–Trinajstić information content (AvgIpc) is 2.21. The fourth-order valence-corrected chi connectivity index (χ4v) is 2.25. The molecule has 0 spiro atoms. The summed E-state index contributed by atoms with van der Waals surface area (Å²) in [5.41, 5.74) is 4.20. The van der Waals surface area contributed by atoms with Gasteiger partial charge in [0.05, 0.1) is 0 Å². The van der Waals surface area contributed by atoms with Gasteiger partial charge in [-0.3, -0.25) is 11.3 Å². The van der Waals surface area contributed by atoms with Crippen LogP contribution in [0.15, 0.2) is 24.3 Å². The maximum absolute atomic E-state index is 5.60. The molecule has 0 heterocycles. The van der Waals surface area contributed by atoms with Gasteiger partial charge in [0.15, 0.2) is 0 Å². The van der Waals surface area contributed by atoms with E-state index in [1.165, 1.54) is 9.13 Å². The van der Waals surface area contributed by atoms with Crippen molar-refractivity contribution in [2.24, 2.45) is 11.8 Å². The van der Waals surface area contributed by atoms with Gasteiger partial charge in [0.2, 0.25) is 0 Å². The topological polar surface area (TPSA) is 38.0 Å². The van der Waals surface area contributed by atoms with Crippen molar-refractivity contribution in [3.63, 3.8) is 0 Å². The van der Waals surface area contributed by atoms with E-state index in [0.29, 0.717) is 5.92 Å². The molecule has 0 aliphatic carbocycles. The van der Waals surface area contributed by atoms with Gasteiger partial charge in [-0.1, -0.05) is 38.5 Å². The van der Waals surface area contributed by atoms with Crippen LogP contribution in [0.25, 0.3) is 0 Å². The highest BCUT2D eigenvalue weighted by atomic mass is 127. The Morgan fingerprint density at radius 3 is 2.57 bits per heavy atom. The van der Waals surface area contributed by atoms with Gasteiger partial charge in [-0.05, 0) is 40.1 Å². The van der Waals surface area contributed by atoms with E-state index in [0.717, 1.165) is 6.42 Å². The minimum atomic E-state index is 0.258. The van der Waals surface area contributed by atoms with E-state index in [9.17, 15) is 0 Å². The van der Waals surface area contributed by atoms with Crippen LogP contribution in [0, 0.1) is 9.49 Å². The van der Waals surface area contributed by atoms with E-state index in [1.807, 2.05) is 0 Å². The van der Waals surface area contributed by atoms with Crippen molar-refractivity contribution in [1.29, 1.82) is 0 Å². The molecule has 1 rings (SSSR count). The van der Waals surface area contributed by atoms with E-state index < -0.39 is 0 Å². The normalized spacial score (nSPS) is 15.1. The highest BCUT2D eigenvalue weighted by Gasteiger charge is 2.17. The number of hydrogen-bond acceptors (Lipinski definition) is 2. The molecule has 2 atom stereocenters. The maximum Gasteiger partial charge on any atom is 0.0495 e. The molecular formula is C11H17IN2. The van der Waals surface area contributed by atoms with Gasteiger partial charge >= 0.3 is 0 Å². The van der Waals surface area contributed by atoms with Gasteiger partial charge in [0.1, 0.15) is 0 Å². The lowest BCUT2D eigenvalue weighted by Crippen LogP contribution is -2.32. The standard InChI is InChI=1S/C11H17IN2/c1-3-8(2)11(14-13)9-6-4-5-7-10(9)12/h4-8,11,14H,3,13H2,1-2H3. The molecule has 0 aliphatic rings. The van der Waals surface area contributed by atoms with E-state index in [2.05, 4.69) is 66.1 Å². The predicted octanol–water partition coefficient (Wildman–Crippen LogP) is 2.84. The summed E-state index contributed by atoms with van der Waals surface area (Å²) in [6, 6.07) is 8.62. The van der Waals surface area contributed by atoms with Crippen molar-refractivity contribution in [2.45, 2.75) is 26.3 Å². The van der Waals surface area contributed by atoms with E-state index >= 15 is 0 Å². The molecule has 0 fully saturated rings. The van der Waals surface area contributed by atoms with Gasteiger partial charge in [-0.2, -0.15) is 0 Å². The summed E-state index contributed by atoms with van der Waals surface area (Å²) in [6.45, 7) is 4.40. The summed E-state index contributed by atoms with van der Waals surface area (Å²) >= 11 is 2.35. The summed E-state index contributed by atoms with van der Waals surface area (Å²) < 4.78 is 1.27. The molecule has 0 aromatic heterocycles. The monoisotopic (exact) mass is 304 g/mol. The first-order valence-corrected chi connectivity index (χ1v) is 5.99. The third kappa shape index (κ3) is 2.68. The van der Waals surface area contributed by atoms with E-state index in [1.54, 1.807) is 0 Å². The second-order valence-corrected chi connectivity index (χ2v) is 4.71. The van der Waals surface area contributed by atoms with Crippen LogP contribution in [0.4, 0.5) is 0 Å². The van der Waals surface area contributed by atoms with Crippen LogP contribution in [-0.2, 0) is 0 Å². The number of nitrogens with two attached hydrogens (primary N) is 1.